The molecule has 6 aromatic carbocycles. The summed E-state index contributed by atoms with van der Waals surface area (Å²) in [6, 6.07) is 29.0. The third-order valence-electron chi connectivity index (χ3n) is 19.0. The van der Waals surface area contributed by atoms with Crippen LogP contribution < -0.4 is 61.5 Å². The number of carbonyl (C=O) groups excluding carboxylic acids is 11. The van der Waals surface area contributed by atoms with E-state index in [1.54, 1.807) is 142 Å². The number of hydrogen-bond donors (Lipinski definition) is 10. The standard InChI is InChI=1S/C19H24FNO4.3C15H14F4N2O3.C10H16BrFO2.C9H9NO2.C9H8O2.5CH4/c1-19(2,3)25-17(22)7-4-13(11-20)12-24-15-5-6-16-14(10-15)8-9-21-18(16)23;3*16-6-9(7-21-14(23)15(17,18)19)8-24-11-1-2-12-10(5-11)3-4-20-13(12)22;1-10(2,3)14-9(13)5-4-8(6-11)7-12;11-7-1-2-8-6(5-7)3-4-10-9(8)12;10-7-2-3-8-6(5-7)1-4-9(8)11;;;;;/h5-6,10-11H,4,7-9,12H2,1-3H3,(H,21,23);3*1-2,5-6H,3-4,7-8H2,(H,20,22)(H,21,23);7H,4-6H2,1-3H3;1-2,5,11H,3-4H2,(H,10,12);2-3,5,10H,1,4H2;5*1H4/b;9-6+;9-6-;;;;;;;;;/i;;;;;;;1T;;;;. The van der Waals surface area contributed by atoms with Gasteiger partial charge in [-0.2, -0.15) is 39.5 Å². The van der Waals surface area contributed by atoms with E-state index in [4.69, 9.17) is 40.0 Å². The molecule has 5 heterocycles. The lowest BCUT2D eigenvalue weighted by molar-refractivity contribution is -0.173. The van der Waals surface area contributed by atoms with Crippen molar-refractivity contribution in [3.05, 3.63) is 235 Å². The Labute approximate surface area is 807 Å². The number of aryl methyl sites for hydroxylation is 1. The molecule has 0 fully saturated rings. The number of carbonyl (C=O) groups is 11. The van der Waals surface area contributed by atoms with Crippen LogP contribution >= 0.6 is 15.9 Å². The van der Waals surface area contributed by atoms with E-state index in [1.807, 2.05) is 0 Å². The molecule has 0 aromatic heterocycles. The van der Waals surface area contributed by atoms with Gasteiger partial charge in [-0.15, -0.1) is 0 Å². The second-order valence-electron chi connectivity index (χ2n) is 31.8. The highest BCUT2D eigenvalue weighted by atomic mass is 79.9. The molecule has 42 heteroatoms. The fourth-order valence-electron chi connectivity index (χ4n) is 12.4. The lowest BCUT2D eigenvalue weighted by atomic mass is 10.0. The number of phenolic OH excluding ortho intramolecular Hbond substituents is 2. The largest absolute Gasteiger partial charge is 0.508 e. The van der Waals surface area contributed by atoms with Crippen LogP contribution in [0.1, 0.15) is 208 Å². The minimum absolute atomic E-state index is 0. The summed E-state index contributed by atoms with van der Waals surface area (Å²) in [7, 11) is 1.25. The van der Waals surface area contributed by atoms with E-state index in [0.29, 0.717) is 145 Å². The van der Waals surface area contributed by atoms with Gasteiger partial charge in [-0.25, -0.2) is 22.0 Å². The van der Waals surface area contributed by atoms with Gasteiger partial charge in [-0.3, -0.25) is 52.7 Å². The Morgan fingerprint density at radius 1 is 0.353 bits per heavy atom. The van der Waals surface area contributed by atoms with E-state index >= 15 is 0 Å². The van der Waals surface area contributed by atoms with Crippen molar-refractivity contribution in [3.63, 3.8) is 0 Å². The number of Topliss-reactive ketones (excluding diaryl/α,β-unsaturated/α-hetero) is 1. The summed E-state index contributed by atoms with van der Waals surface area (Å²) >= 11 is 3.13. The molecule has 27 nitrogen and oxygen atoms in total. The smallest absolute Gasteiger partial charge is 0.471 e. The van der Waals surface area contributed by atoms with E-state index in [0.717, 1.165) is 58.2 Å². The third kappa shape index (κ3) is 43.1. The second-order valence-corrected chi connectivity index (χ2v) is 32.3. The molecule has 8 amide bonds. The second kappa shape index (κ2) is 59.1. The van der Waals surface area contributed by atoms with Gasteiger partial charge in [0.2, 0.25) is 0 Å². The lowest BCUT2D eigenvalue weighted by Gasteiger charge is -2.19. The van der Waals surface area contributed by atoms with Gasteiger partial charge in [0.15, 0.2) is 5.78 Å². The van der Waals surface area contributed by atoms with Crippen LogP contribution in [-0.2, 0) is 72.0 Å². The normalized spacial score (nSPS) is 14.1. The van der Waals surface area contributed by atoms with Crippen molar-refractivity contribution in [1.29, 1.82) is 0 Å². The first-order valence-corrected chi connectivity index (χ1v) is 42.3. The summed E-state index contributed by atoms with van der Waals surface area (Å²) in [5.41, 5.74) is 8.24. The molecular formula is C97H119BrF14N8O19. The van der Waals surface area contributed by atoms with Gasteiger partial charge in [0.25, 0.3) is 29.5 Å². The molecule has 5 aliphatic heterocycles. The maximum atomic E-state index is 13.0. The summed E-state index contributed by atoms with van der Waals surface area (Å²) < 4.78 is 209. The van der Waals surface area contributed by atoms with E-state index < -0.39 is 67.1 Å². The lowest BCUT2D eigenvalue weighted by Crippen LogP contribution is -2.38. The van der Waals surface area contributed by atoms with Gasteiger partial charge in [-0.05, 0) is 247 Å². The number of hydrogen-bond acceptors (Lipinski definition) is 19. The average Bonchev–Trinajstić information content (AvgIpc) is 1.70. The number of amides is 8. The van der Waals surface area contributed by atoms with Crippen LogP contribution in [0.25, 0.3) is 0 Å². The van der Waals surface area contributed by atoms with Gasteiger partial charge in [0, 0.05) is 128 Å². The number of halogens is 15. The fourth-order valence-corrected chi connectivity index (χ4v) is 12.8. The molecule has 10 N–H and O–H groups in total. The van der Waals surface area contributed by atoms with Crippen LogP contribution in [0, 0.1) is 0 Å². The van der Waals surface area contributed by atoms with E-state index in [1.165, 1.54) is 31.7 Å². The van der Waals surface area contributed by atoms with Crippen molar-refractivity contribution in [2.24, 2.45) is 0 Å². The molecule has 1 aliphatic carbocycles. The number of ether oxygens (including phenoxy) is 6. The number of alkyl halides is 10. The van der Waals surface area contributed by atoms with Gasteiger partial charge in [0.1, 0.15) is 72.1 Å². The Balaban J connectivity index is 0.000000824. The summed E-state index contributed by atoms with van der Waals surface area (Å²) in [5.74, 6) is -5.53. The average molecular weight is 2050 g/mol. The molecule has 6 aliphatic rings. The molecule has 0 saturated heterocycles. The Bertz CT molecular complexity index is 5070. The molecule has 0 radical (unpaired) electrons. The van der Waals surface area contributed by atoms with Gasteiger partial charge in [-0.1, -0.05) is 53.0 Å². The van der Waals surface area contributed by atoms with Gasteiger partial charge in [0.05, 0.1) is 31.6 Å². The molecule has 766 valence electrons. The van der Waals surface area contributed by atoms with Crippen LogP contribution in [0.2, 0.25) is 0 Å². The highest BCUT2D eigenvalue weighted by Crippen LogP contribution is 2.30. The summed E-state index contributed by atoms with van der Waals surface area (Å²) in [6.45, 7) is 10.7. The Hall–Kier alpha value is -13.3. The molecule has 0 atom stereocenters. The number of aromatic hydroxyl groups is 2. The number of ketones is 1. The highest BCUT2D eigenvalue weighted by Gasteiger charge is 2.41. The summed E-state index contributed by atoms with van der Waals surface area (Å²) in [6.07, 6.45) is -8.11. The van der Waals surface area contributed by atoms with Gasteiger partial charge >= 0.3 is 48.2 Å². The van der Waals surface area contributed by atoms with E-state index in [9.17, 15) is 114 Å². The monoisotopic (exact) mass is 2050 g/mol. The summed E-state index contributed by atoms with van der Waals surface area (Å²) in [4.78, 5) is 124. The van der Waals surface area contributed by atoms with E-state index in [2.05, 4.69) is 42.5 Å². The zero-order chi connectivity index (χ0) is 101. The van der Waals surface area contributed by atoms with Crippen LogP contribution in [0.3, 0.4) is 0 Å². The number of benzene rings is 6. The van der Waals surface area contributed by atoms with Crippen LogP contribution in [0.4, 0.5) is 61.5 Å². The first-order chi connectivity index (χ1) is 64.1. The van der Waals surface area contributed by atoms with Crippen molar-refractivity contribution in [2.75, 3.05) is 84.1 Å². The molecular weight excluding hydrogens is 1930 g/mol. The predicted molar refractivity (Wildman–Crippen MR) is 498 cm³/mol. The number of fused-ring (bicyclic) bond motifs is 6. The number of allylic oxidation sites excluding steroid dienone is 1. The van der Waals surface area contributed by atoms with Crippen molar-refractivity contribution >= 4 is 80.9 Å². The first kappa shape index (κ1) is 122. The SMILES string of the molecule is C.C.C.C.CC(C)(C)OC(=O)CCC(=CF)CBr.CC(C)(C)OC(=O)CCC(=CF)COc1ccc2c(c1)CCNC2=O.O=C1CCc2cc(O)ccc21.O=C1NCCc2cc(O)ccc21.O=C1NCCc2cc(OC/C(=C/F)CNC(=O)C(F)(F)F)ccc21.O=C1NCCc2cc(OC/C(=C\F)CNC(=O)C(F)(F)F)ccc21.O=C1NCCc2cc(OCC(=CF)CNC(=O)C(F)(F)F)ccc21.[3H]C. The molecule has 0 saturated carbocycles. The summed E-state index contributed by atoms with van der Waals surface area (Å²) in [5, 5.41) is 36.9. The van der Waals surface area contributed by atoms with E-state index in [-0.39, 0.29) is 170 Å². The first-order valence-electron chi connectivity index (χ1n) is 42.2. The molecule has 0 spiro atoms. The maximum absolute atomic E-state index is 13.0. The number of esters is 2. The van der Waals surface area contributed by atoms with Crippen LogP contribution in [0.5, 0.6) is 34.5 Å². The maximum Gasteiger partial charge on any atom is 0.471 e. The molecule has 0 bridgehead atoms. The molecule has 0 unspecified atom stereocenters. The molecule has 12 rings (SSSR count). The Kier molecular flexibility index (Phi) is 51.8. The minimum Gasteiger partial charge on any atom is -0.508 e. The highest BCUT2D eigenvalue weighted by molar-refractivity contribution is 9.09. The number of phenols is 2. The number of nitrogens with one attached hydrogen (secondary N) is 8. The van der Waals surface area contributed by atoms with Crippen molar-refractivity contribution in [2.45, 2.75) is 179 Å². The zero-order valence-electron chi connectivity index (χ0n) is 75.3. The number of rotatable bonds is 25. The molecule has 139 heavy (non-hydrogen) atoms. The van der Waals surface area contributed by atoms with Gasteiger partial charge < -0.3 is 81.2 Å². The Morgan fingerprint density at radius 3 is 0.842 bits per heavy atom. The van der Waals surface area contributed by atoms with Crippen molar-refractivity contribution < 1.29 is 154 Å². The van der Waals surface area contributed by atoms with Crippen LogP contribution in [-0.4, -0.2) is 189 Å². The quantitative estimate of drug-likeness (QED) is 0.0145. The van der Waals surface area contributed by atoms with Crippen molar-refractivity contribution in [1.82, 2.24) is 42.5 Å². The van der Waals surface area contributed by atoms with Crippen molar-refractivity contribution in [3.8, 4) is 34.5 Å². The minimum atomic E-state index is -5.03. The fraction of sp³-hybridized carbons (Fsp3) is 0.412. The zero-order valence-corrected chi connectivity index (χ0v) is 75.8. The third-order valence-corrected chi connectivity index (χ3v) is 19.7. The topological polar surface area (TPSA) is 380 Å². The predicted octanol–water partition coefficient (Wildman–Crippen LogP) is 17.7. The molecule has 6 aromatic rings. The Morgan fingerprint density at radius 2 is 0.590 bits per heavy atom. The van der Waals surface area contributed by atoms with Crippen LogP contribution in [0.15, 0.2) is 169 Å².